The Balaban J connectivity index is 4.53. The fourth-order valence-electron chi connectivity index (χ4n) is 5.18. The Kier molecular flexibility index (Phi) is 34.8. The molecule has 54 heavy (non-hydrogen) atoms. The number of unbranched alkanes of at least 4 members (excludes halogenated alkanes) is 13. The second-order valence-corrected chi connectivity index (χ2v) is 16.5. The maximum absolute atomic E-state index is 12.6. The molecule has 312 valence electrons. The summed E-state index contributed by atoms with van der Waals surface area (Å²) in [6.45, 7) is 4.28. The second kappa shape index (κ2) is 36.4. The largest absolute Gasteiger partial charge is 0.472 e. The SMILES string of the molecule is CCCCC/C=C/C/C=C/C/C=C/C/C=C/CCCC(=O)O[C@H](COC(=O)CCCCC/C=C/CCCCCCCC)COP(=O)(O)OCC[N+](C)(C)C. The third-order valence-corrected chi connectivity index (χ3v) is 9.50. The molecule has 0 aliphatic heterocycles. The van der Waals surface area contributed by atoms with Crippen molar-refractivity contribution in [3.63, 3.8) is 0 Å². The lowest BCUT2D eigenvalue weighted by molar-refractivity contribution is -0.870. The highest BCUT2D eigenvalue weighted by Crippen LogP contribution is 2.43. The van der Waals surface area contributed by atoms with Crippen LogP contribution in [0, 0.1) is 0 Å². The quantitative estimate of drug-likeness (QED) is 0.0218. The fourth-order valence-corrected chi connectivity index (χ4v) is 5.92. The first kappa shape index (κ1) is 51.7. The predicted molar refractivity (Wildman–Crippen MR) is 224 cm³/mol. The Morgan fingerprint density at radius 1 is 0.574 bits per heavy atom. The number of quaternary nitrogens is 1. The Morgan fingerprint density at radius 2 is 1.02 bits per heavy atom. The first-order chi connectivity index (χ1) is 26.0. The van der Waals surface area contributed by atoms with E-state index in [-0.39, 0.29) is 26.1 Å². The van der Waals surface area contributed by atoms with E-state index >= 15 is 0 Å². The summed E-state index contributed by atoms with van der Waals surface area (Å²) >= 11 is 0. The normalized spacial score (nSPS) is 14.3. The molecule has 0 fully saturated rings. The van der Waals surface area contributed by atoms with Gasteiger partial charge in [0, 0.05) is 12.8 Å². The number of carbonyl (C=O) groups excluding carboxylic acids is 2. The minimum Gasteiger partial charge on any atom is -0.462 e. The number of rotatable bonds is 37. The second-order valence-electron chi connectivity index (χ2n) is 15.0. The van der Waals surface area contributed by atoms with Crippen LogP contribution in [0.25, 0.3) is 0 Å². The van der Waals surface area contributed by atoms with Gasteiger partial charge in [-0.3, -0.25) is 18.6 Å². The topological polar surface area (TPSA) is 108 Å². The van der Waals surface area contributed by atoms with Gasteiger partial charge in [0.2, 0.25) is 0 Å². The molecule has 0 rings (SSSR count). The molecule has 0 amide bonds. The van der Waals surface area contributed by atoms with Crippen LogP contribution in [0.4, 0.5) is 0 Å². The average Bonchev–Trinajstić information content (AvgIpc) is 3.12. The molecule has 10 heteroatoms. The minimum absolute atomic E-state index is 0.0170. The van der Waals surface area contributed by atoms with Crippen molar-refractivity contribution in [3.8, 4) is 0 Å². The van der Waals surface area contributed by atoms with Crippen LogP contribution in [0.5, 0.6) is 0 Å². The maximum Gasteiger partial charge on any atom is 0.472 e. The van der Waals surface area contributed by atoms with Crippen molar-refractivity contribution in [2.24, 2.45) is 0 Å². The average molecular weight is 781 g/mol. The van der Waals surface area contributed by atoms with Crippen LogP contribution in [-0.2, 0) is 32.7 Å². The third-order valence-electron chi connectivity index (χ3n) is 8.52. The van der Waals surface area contributed by atoms with Crippen molar-refractivity contribution in [2.75, 3.05) is 47.5 Å². The maximum atomic E-state index is 12.6. The molecule has 0 bridgehead atoms. The van der Waals surface area contributed by atoms with Crippen LogP contribution in [0.3, 0.4) is 0 Å². The van der Waals surface area contributed by atoms with Gasteiger partial charge in [0.25, 0.3) is 0 Å². The summed E-state index contributed by atoms with van der Waals surface area (Å²) in [4.78, 5) is 35.2. The fraction of sp³-hybridized carbons (Fsp3) is 0.727. The van der Waals surface area contributed by atoms with Gasteiger partial charge in [0.1, 0.15) is 19.8 Å². The molecule has 0 aromatic carbocycles. The highest BCUT2D eigenvalue weighted by molar-refractivity contribution is 7.47. The summed E-state index contributed by atoms with van der Waals surface area (Å²) < 4.78 is 34.1. The predicted octanol–water partition coefficient (Wildman–Crippen LogP) is 11.7. The van der Waals surface area contributed by atoms with Crippen LogP contribution in [0.1, 0.15) is 155 Å². The molecule has 0 radical (unpaired) electrons. The molecular formula is C44H79NO8P+. The van der Waals surface area contributed by atoms with Gasteiger partial charge in [-0.15, -0.1) is 0 Å². The Bertz CT molecular complexity index is 1110. The van der Waals surface area contributed by atoms with E-state index in [0.29, 0.717) is 30.3 Å². The molecule has 0 saturated heterocycles. The summed E-state index contributed by atoms with van der Waals surface area (Å²) in [5, 5.41) is 0. The van der Waals surface area contributed by atoms with Crippen molar-refractivity contribution < 1.29 is 42.1 Å². The number of hydrogen-bond donors (Lipinski definition) is 1. The molecule has 0 spiro atoms. The number of hydrogen-bond acceptors (Lipinski definition) is 7. The number of allylic oxidation sites excluding steroid dienone is 10. The zero-order valence-electron chi connectivity index (χ0n) is 34.9. The summed E-state index contributed by atoms with van der Waals surface area (Å²) in [6, 6.07) is 0. The smallest absolute Gasteiger partial charge is 0.462 e. The number of nitrogens with zero attached hydrogens (tertiary/aromatic N) is 1. The molecule has 0 aromatic rings. The van der Waals surface area contributed by atoms with Gasteiger partial charge in [-0.25, -0.2) is 4.57 Å². The van der Waals surface area contributed by atoms with Gasteiger partial charge in [-0.2, -0.15) is 0 Å². The van der Waals surface area contributed by atoms with Crippen LogP contribution in [-0.4, -0.2) is 74.9 Å². The summed E-state index contributed by atoms with van der Waals surface area (Å²) in [7, 11) is 1.43. The van der Waals surface area contributed by atoms with Gasteiger partial charge in [-0.1, -0.05) is 126 Å². The molecule has 1 N–H and O–H groups in total. The standard InChI is InChI=1S/C44H78NO8P/c1-6-8-10-12-14-16-18-20-21-22-23-25-27-29-31-33-35-37-44(47)53-42(41-52-54(48,49)51-39-38-45(3,4)5)40-50-43(46)36-34-32-30-28-26-24-19-17-15-13-11-9-7-2/h14,16,20-21,23-26,29,31,42H,6-13,15,17-19,22,27-28,30,32-41H2,1-5H3/p+1/b16-14+,21-20+,25-23+,26-24+,31-29+/t42-/m1/s1. The van der Waals surface area contributed by atoms with E-state index in [1.54, 1.807) is 0 Å². The van der Waals surface area contributed by atoms with Crippen LogP contribution in [0.2, 0.25) is 0 Å². The zero-order chi connectivity index (χ0) is 40.0. The summed E-state index contributed by atoms with van der Waals surface area (Å²) in [6.07, 6.45) is 42.8. The van der Waals surface area contributed by atoms with Crippen molar-refractivity contribution >= 4 is 19.8 Å². The molecule has 0 aliphatic rings. The van der Waals surface area contributed by atoms with Crippen LogP contribution < -0.4 is 0 Å². The van der Waals surface area contributed by atoms with Gasteiger partial charge in [-0.05, 0) is 77.0 Å². The van der Waals surface area contributed by atoms with Crippen molar-refractivity contribution in [3.05, 3.63) is 60.8 Å². The van der Waals surface area contributed by atoms with Gasteiger partial charge in [0.05, 0.1) is 27.7 Å². The van der Waals surface area contributed by atoms with E-state index in [4.69, 9.17) is 18.5 Å². The number of ether oxygens (including phenoxy) is 2. The first-order valence-electron chi connectivity index (χ1n) is 21.0. The van der Waals surface area contributed by atoms with E-state index in [0.717, 1.165) is 44.9 Å². The summed E-state index contributed by atoms with van der Waals surface area (Å²) in [5.74, 6) is -0.889. The highest BCUT2D eigenvalue weighted by Gasteiger charge is 2.27. The van der Waals surface area contributed by atoms with E-state index in [1.165, 1.54) is 64.2 Å². The lowest BCUT2D eigenvalue weighted by atomic mass is 10.1. The van der Waals surface area contributed by atoms with E-state index in [2.05, 4.69) is 68.5 Å². The van der Waals surface area contributed by atoms with Crippen LogP contribution >= 0.6 is 7.82 Å². The van der Waals surface area contributed by atoms with Crippen molar-refractivity contribution in [1.29, 1.82) is 0 Å². The van der Waals surface area contributed by atoms with E-state index in [9.17, 15) is 19.0 Å². The number of esters is 2. The number of phosphoric ester groups is 1. The number of carbonyl (C=O) groups is 2. The lowest BCUT2D eigenvalue weighted by Crippen LogP contribution is -2.37. The van der Waals surface area contributed by atoms with Gasteiger partial charge >= 0.3 is 19.8 Å². The zero-order valence-corrected chi connectivity index (χ0v) is 35.8. The molecular weight excluding hydrogens is 701 g/mol. The molecule has 0 aliphatic carbocycles. The molecule has 0 saturated carbocycles. The monoisotopic (exact) mass is 781 g/mol. The number of phosphoric acid groups is 1. The molecule has 0 heterocycles. The molecule has 0 aromatic heterocycles. The molecule has 9 nitrogen and oxygen atoms in total. The summed E-state index contributed by atoms with van der Waals surface area (Å²) in [5.41, 5.74) is 0. The Labute approximate surface area is 330 Å². The first-order valence-corrected chi connectivity index (χ1v) is 22.5. The van der Waals surface area contributed by atoms with Gasteiger partial charge in [0.15, 0.2) is 6.10 Å². The van der Waals surface area contributed by atoms with E-state index < -0.39 is 32.5 Å². The lowest BCUT2D eigenvalue weighted by Gasteiger charge is -2.24. The van der Waals surface area contributed by atoms with E-state index in [1.807, 2.05) is 27.2 Å². The minimum atomic E-state index is -4.39. The Hall–Kier alpha value is -2.29. The Morgan fingerprint density at radius 3 is 1.59 bits per heavy atom. The molecule has 1 unspecified atom stereocenters. The number of likely N-dealkylation sites (N-methyl/N-ethyl adjacent to an activating group) is 1. The highest BCUT2D eigenvalue weighted by atomic mass is 31.2. The van der Waals surface area contributed by atoms with Crippen LogP contribution in [0.15, 0.2) is 60.8 Å². The molecule has 2 atom stereocenters. The van der Waals surface area contributed by atoms with Crippen molar-refractivity contribution in [1.82, 2.24) is 0 Å². The van der Waals surface area contributed by atoms with Gasteiger partial charge < -0.3 is 18.9 Å². The third kappa shape index (κ3) is 39.4. The van der Waals surface area contributed by atoms with Crippen molar-refractivity contribution in [2.45, 2.75) is 161 Å².